The average molecular weight is 516 g/mol. The van der Waals surface area contributed by atoms with E-state index in [0.717, 1.165) is 31.0 Å². The molecule has 1 N–H and O–H groups in total. The number of hydrogen-bond acceptors (Lipinski definition) is 5. The summed E-state index contributed by atoms with van der Waals surface area (Å²) in [5.74, 6) is -0.0554. The van der Waals surface area contributed by atoms with Crippen molar-refractivity contribution in [3.05, 3.63) is 46.7 Å². The van der Waals surface area contributed by atoms with E-state index >= 15 is 0 Å². The van der Waals surface area contributed by atoms with Gasteiger partial charge in [-0.05, 0) is 71.7 Å². The Labute approximate surface area is 218 Å². The third-order valence-electron chi connectivity index (χ3n) is 6.83. The zero-order valence-electron chi connectivity index (χ0n) is 21.6. The van der Waals surface area contributed by atoms with Gasteiger partial charge in [-0.2, -0.15) is 5.10 Å². The molecule has 36 heavy (non-hydrogen) atoms. The molecular weight excluding hydrogens is 478 g/mol. The number of aromatic nitrogens is 2. The quantitative estimate of drug-likeness (QED) is 0.594. The van der Waals surface area contributed by atoms with E-state index in [-0.39, 0.29) is 17.9 Å². The van der Waals surface area contributed by atoms with Gasteiger partial charge in [0.15, 0.2) is 0 Å². The number of para-hydroxylation sites is 1. The van der Waals surface area contributed by atoms with Crippen LogP contribution in [-0.4, -0.2) is 76.5 Å². The van der Waals surface area contributed by atoms with Crippen LogP contribution >= 0.6 is 11.6 Å². The fourth-order valence-electron chi connectivity index (χ4n) is 5.01. The lowest BCUT2D eigenvalue weighted by molar-refractivity contribution is 0.0203. The van der Waals surface area contributed by atoms with Gasteiger partial charge in [0.05, 0.1) is 28.2 Å². The van der Waals surface area contributed by atoms with Crippen LogP contribution in [0.5, 0.6) is 0 Å². The highest BCUT2D eigenvalue weighted by Gasteiger charge is 2.32. The second-order valence-electron chi connectivity index (χ2n) is 10.7. The first-order valence-electron chi connectivity index (χ1n) is 13.0. The topological polar surface area (TPSA) is 79.7 Å². The minimum atomic E-state index is -0.532. The molecule has 2 amide bonds. The lowest BCUT2D eigenvalue weighted by Gasteiger charge is -2.34. The highest BCUT2D eigenvalue weighted by Crippen LogP contribution is 2.34. The first-order valence-corrected chi connectivity index (χ1v) is 13.4. The van der Waals surface area contributed by atoms with E-state index < -0.39 is 5.60 Å². The minimum Gasteiger partial charge on any atom is -0.444 e. The molecule has 3 heterocycles. The fourth-order valence-corrected chi connectivity index (χ4v) is 5.22. The molecule has 196 valence electrons. The Balaban J connectivity index is 1.50. The Bertz CT molecular complexity index is 1050. The second-order valence-corrected chi connectivity index (χ2v) is 11.1. The molecule has 0 spiro atoms. The molecule has 0 bridgehead atoms. The zero-order chi connectivity index (χ0) is 25.7. The summed E-state index contributed by atoms with van der Waals surface area (Å²) in [5, 5.41) is 8.28. The molecule has 2 aliphatic rings. The summed E-state index contributed by atoms with van der Waals surface area (Å²) < 4.78 is 7.35. The van der Waals surface area contributed by atoms with Crippen molar-refractivity contribution in [1.82, 2.24) is 24.9 Å². The molecule has 4 rings (SSSR count). The number of carbonyl (C=O) groups is 2. The van der Waals surface area contributed by atoms with E-state index in [0.29, 0.717) is 43.1 Å². The number of halogens is 1. The fraction of sp³-hybridized carbons (Fsp3) is 0.593. The van der Waals surface area contributed by atoms with Crippen LogP contribution in [0.2, 0.25) is 5.02 Å². The molecule has 0 saturated carbocycles. The summed E-state index contributed by atoms with van der Waals surface area (Å²) in [7, 11) is 0. The van der Waals surface area contributed by atoms with Crippen LogP contribution in [0.4, 0.5) is 4.79 Å². The monoisotopic (exact) mass is 515 g/mol. The maximum Gasteiger partial charge on any atom is 0.410 e. The minimum absolute atomic E-state index is 0.0605. The molecule has 0 unspecified atom stereocenters. The van der Waals surface area contributed by atoms with Crippen molar-refractivity contribution in [3.8, 4) is 5.69 Å². The Kier molecular flexibility index (Phi) is 8.57. The van der Waals surface area contributed by atoms with Gasteiger partial charge in [-0.25, -0.2) is 9.48 Å². The van der Waals surface area contributed by atoms with Crippen molar-refractivity contribution in [2.24, 2.45) is 0 Å². The second kappa shape index (κ2) is 11.6. The maximum atomic E-state index is 13.3. The molecule has 1 aromatic carbocycles. The van der Waals surface area contributed by atoms with E-state index in [2.05, 4.69) is 15.3 Å². The molecule has 2 aromatic rings. The van der Waals surface area contributed by atoms with E-state index in [1.54, 1.807) is 15.8 Å². The van der Waals surface area contributed by atoms with Gasteiger partial charge in [0.25, 0.3) is 5.91 Å². The molecule has 1 aromatic heterocycles. The number of nitrogens with zero attached hydrogens (tertiary/aromatic N) is 4. The predicted octanol–water partition coefficient (Wildman–Crippen LogP) is 4.86. The number of carbonyl (C=O) groups excluding carboxylic acids is 2. The van der Waals surface area contributed by atoms with Crippen LogP contribution in [0.25, 0.3) is 5.69 Å². The highest BCUT2D eigenvalue weighted by molar-refractivity contribution is 6.32. The van der Waals surface area contributed by atoms with Crippen molar-refractivity contribution in [1.29, 1.82) is 0 Å². The molecular formula is C27H38ClN5O3. The van der Waals surface area contributed by atoms with Crippen molar-refractivity contribution >= 4 is 23.6 Å². The van der Waals surface area contributed by atoms with Gasteiger partial charge in [0.1, 0.15) is 5.60 Å². The molecule has 2 aliphatic heterocycles. The molecule has 9 heteroatoms. The SMILES string of the molecule is CC(C)(C)OC(=O)N1CCC(c2c(C(=O)NCCN3CCCCC3)cnn2-c2ccccc2Cl)CC1. The van der Waals surface area contributed by atoms with Gasteiger partial charge in [-0.15, -0.1) is 0 Å². The number of amides is 2. The lowest BCUT2D eigenvalue weighted by atomic mass is 9.91. The summed E-state index contributed by atoms with van der Waals surface area (Å²) in [6.45, 7) is 10.4. The van der Waals surface area contributed by atoms with Crippen molar-refractivity contribution < 1.29 is 14.3 Å². The molecule has 0 aliphatic carbocycles. The summed E-state index contributed by atoms with van der Waals surface area (Å²) in [4.78, 5) is 30.0. The summed E-state index contributed by atoms with van der Waals surface area (Å²) in [6.07, 6.45) is 6.52. The number of hydrogen-bond donors (Lipinski definition) is 1. The van der Waals surface area contributed by atoms with Gasteiger partial charge >= 0.3 is 6.09 Å². The van der Waals surface area contributed by atoms with Crippen LogP contribution in [0.15, 0.2) is 30.5 Å². The van der Waals surface area contributed by atoms with Gasteiger partial charge < -0.3 is 19.9 Å². The number of ether oxygens (including phenoxy) is 1. The largest absolute Gasteiger partial charge is 0.444 e. The molecule has 2 fully saturated rings. The zero-order valence-corrected chi connectivity index (χ0v) is 22.4. The normalized spacial score (nSPS) is 17.7. The van der Waals surface area contributed by atoms with E-state index in [4.69, 9.17) is 16.3 Å². The molecule has 0 atom stereocenters. The van der Waals surface area contributed by atoms with Crippen molar-refractivity contribution in [2.45, 2.75) is 64.4 Å². The summed E-state index contributed by atoms with van der Waals surface area (Å²) in [6, 6.07) is 7.53. The predicted molar refractivity (Wildman–Crippen MR) is 141 cm³/mol. The maximum absolute atomic E-state index is 13.3. The van der Waals surface area contributed by atoms with Crippen LogP contribution in [0.1, 0.15) is 74.8 Å². The number of rotatable bonds is 6. The molecule has 2 saturated heterocycles. The van der Waals surface area contributed by atoms with E-state index in [1.807, 2.05) is 45.0 Å². The first-order chi connectivity index (χ1) is 17.2. The smallest absolute Gasteiger partial charge is 0.410 e. The van der Waals surface area contributed by atoms with Gasteiger partial charge in [0.2, 0.25) is 0 Å². The highest BCUT2D eigenvalue weighted by atomic mass is 35.5. The number of likely N-dealkylation sites (tertiary alicyclic amines) is 2. The van der Waals surface area contributed by atoms with Crippen LogP contribution in [-0.2, 0) is 4.74 Å². The van der Waals surface area contributed by atoms with Gasteiger partial charge in [0, 0.05) is 32.1 Å². The molecule has 0 radical (unpaired) electrons. The Morgan fingerprint density at radius 3 is 2.44 bits per heavy atom. The van der Waals surface area contributed by atoms with Crippen LogP contribution < -0.4 is 5.32 Å². The third kappa shape index (κ3) is 6.59. The third-order valence-corrected chi connectivity index (χ3v) is 7.15. The van der Waals surface area contributed by atoms with E-state index in [1.165, 1.54) is 19.3 Å². The van der Waals surface area contributed by atoms with E-state index in [9.17, 15) is 9.59 Å². The summed E-state index contributed by atoms with van der Waals surface area (Å²) >= 11 is 6.52. The lowest BCUT2D eigenvalue weighted by Crippen LogP contribution is -2.42. The van der Waals surface area contributed by atoms with Gasteiger partial charge in [-0.1, -0.05) is 30.2 Å². The summed E-state index contributed by atoms with van der Waals surface area (Å²) in [5.41, 5.74) is 1.64. The first kappa shape index (κ1) is 26.5. The van der Waals surface area contributed by atoms with Crippen LogP contribution in [0.3, 0.4) is 0 Å². The Morgan fingerprint density at radius 1 is 1.08 bits per heavy atom. The van der Waals surface area contributed by atoms with Crippen molar-refractivity contribution in [2.75, 3.05) is 39.3 Å². The average Bonchev–Trinajstić information content (AvgIpc) is 3.29. The number of nitrogens with one attached hydrogen (secondary N) is 1. The Hall–Kier alpha value is -2.58. The standard InChI is InChI=1S/C27H38ClN5O3/c1-27(2,3)36-26(35)32-16-11-20(12-17-32)24-21(19-30-33(24)23-10-6-5-9-22(23)28)25(34)29-13-18-31-14-7-4-8-15-31/h5-6,9-10,19-20H,4,7-8,11-18H2,1-3H3,(H,29,34). The van der Waals surface area contributed by atoms with Gasteiger partial charge in [-0.3, -0.25) is 4.79 Å². The number of piperidine rings is 2. The molecule has 8 nitrogen and oxygen atoms in total. The van der Waals surface area contributed by atoms with Crippen molar-refractivity contribution in [3.63, 3.8) is 0 Å². The van der Waals surface area contributed by atoms with Crippen LogP contribution in [0, 0.1) is 0 Å². The Morgan fingerprint density at radius 2 is 1.78 bits per heavy atom. The number of benzene rings is 1.